The third kappa shape index (κ3) is 2.97. The van der Waals surface area contributed by atoms with Gasteiger partial charge in [-0.2, -0.15) is 5.10 Å². The van der Waals surface area contributed by atoms with Gasteiger partial charge in [0.15, 0.2) is 5.65 Å². The molecular weight excluding hydrogens is 347 g/mol. The zero-order chi connectivity index (χ0) is 17.4. The van der Waals surface area contributed by atoms with Gasteiger partial charge in [-0.1, -0.05) is 23.2 Å². The second-order valence-corrected chi connectivity index (χ2v) is 6.58. The summed E-state index contributed by atoms with van der Waals surface area (Å²) < 4.78 is 1.80. The Balaban J connectivity index is 2.00. The van der Waals surface area contributed by atoms with E-state index in [4.69, 9.17) is 23.2 Å². The standard InChI is InChI=1S/C17H16Cl2N4O/c1-9(2)23-16-14(10(3)22-23)15(19)13(8-20-16)17(24)21-12-6-4-11(18)5-7-12/h4-9H,1-3H3,(H,21,24). The molecular formula is C17H16Cl2N4O. The van der Waals surface area contributed by atoms with Crippen LogP contribution >= 0.6 is 23.2 Å². The number of hydrogen-bond acceptors (Lipinski definition) is 3. The van der Waals surface area contributed by atoms with Gasteiger partial charge in [0, 0.05) is 22.9 Å². The predicted octanol–water partition coefficient (Wildman–Crippen LogP) is 4.88. The molecule has 3 rings (SSSR count). The van der Waals surface area contributed by atoms with Crippen LogP contribution in [0.1, 0.15) is 35.9 Å². The number of aryl methyl sites for hydroxylation is 1. The van der Waals surface area contributed by atoms with Crippen molar-refractivity contribution in [1.29, 1.82) is 0 Å². The van der Waals surface area contributed by atoms with Gasteiger partial charge in [0.25, 0.3) is 5.91 Å². The maximum absolute atomic E-state index is 12.5. The van der Waals surface area contributed by atoms with Crippen LogP contribution in [0.4, 0.5) is 5.69 Å². The average molecular weight is 363 g/mol. The van der Waals surface area contributed by atoms with Gasteiger partial charge in [-0.15, -0.1) is 0 Å². The number of hydrogen-bond donors (Lipinski definition) is 1. The van der Waals surface area contributed by atoms with Crippen LogP contribution in [0.3, 0.4) is 0 Å². The molecule has 0 saturated heterocycles. The number of rotatable bonds is 3. The van der Waals surface area contributed by atoms with E-state index in [9.17, 15) is 4.79 Å². The number of nitrogens with zero attached hydrogens (tertiary/aromatic N) is 3. The number of benzene rings is 1. The molecule has 5 nitrogen and oxygen atoms in total. The molecule has 2 heterocycles. The summed E-state index contributed by atoms with van der Waals surface area (Å²) in [6.45, 7) is 5.89. The maximum Gasteiger partial charge on any atom is 0.258 e. The summed E-state index contributed by atoms with van der Waals surface area (Å²) in [4.78, 5) is 16.9. The molecule has 0 saturated carbocycles. The summed E-state index contributed by atoms with van der Waals surface area (Å²) in [5, 5.41) is 8.92. The zero-order valence-corrected chi connectivity index (χ0v) is 15.0. The molecule has 0 aliphatic heterocycles. The molecule has 1 amide bonds. The van der Waals surface area contributed by atoms with Crippen molar-refractivity contribution in [3.05, 3.63) is 51.8 Å². The Morgan fingerprint density at radius 3 is 2.50 bits per heavy atom. The van der Waals surface area contributed by atoms with Gasteiger partial charge in [0.2, 0.25) is 0 Å². The van der Waals surface area contributed by atoms with E-state index in [1.54, 1.807) is 28.9 Å². The van der Waals surface area contributed by atoms with E-state index in [1.807, 2.05) is 20.8 Å². The molecule has 0 bridgehead atoms. The Labute approximate surface area is 149 Å². The molecule has 0 fully saturated rings. The molecule has 1 aromatic carbocycles. The zero-order valence-electron chi connectivity index (χ0n) is 13.5. The van der Waals surface area contributed by atoms with Crippen molar-refractivity contribution < 1.29 is 4.79 Å². The highest BCUT2D eigenvalue weighted by atomic mass is 35.5. The van der Waals surface area contributed by atoms with Crippen LogP contribution in [0.2, 0.25) is 10.0 Å². The number of aromatic nitrogens is 3. The number of halogens is 2. The minimum atomic E-state index is -0.326. The normalized spacial score (nSPS) is 11.2. The Kier molecular flexibility index (Phi) is 4.47. The highest BCUT2D eigenvalue weighted by Crippen LogP contribution is 2.30. The summed E-state index contributed by atoms with van der Waals surface area (Å²) in [5.74, 6) is -0.326. The Morgan fingerprint density at radius 1 is 1.21 bits per heavy atom. The highest BCUT2D eigenvalue weighted by molar-refractivity contribution is 6.39. The van der Waals surface area contributed by atoms with Gasteiger partial charge >= 0.3 is 0 Å². The first-order chi connectivity index (χ1) is 11.4. The molecule has 0 aliphatic rings. The molecule has 0 spiro atoms. The number of nitrogens with one attached hydrogen (secondary N) is 1. The Bertz CT molecular complexity index is 916. The lowest BCUT2D eigenvalue weighted by Crippen LogP contribution is -2.13. The van der Waals surface area contributed by atoms with Crippen molar-refractivity contribution in [3.63, 3.8) is 0 Å². The number of carbonyl (C=O) groups is 1. The van der Waals surface area contributed by atoms with Crippen LogP contribution in [0.25, 0.3) is 11.0 Å². The fourth-order valence-corrected chi connectivity index (χ4v) is 2.96. The number of anilines is 1. The molecule has 3 aromatic rings. The van der Waals surface area contributed by atoms with Gasteiger partial charge in [0.1, 0.15) is 0 Å². The van der Waals surface area contributed by atoms with Gasteiger partial charge < -0.3 is 5.32 Å². The van der Waals surface area contributed by atoms with Gasteiger partial charge in [-0.3, -0.25) is 4.79 Å². The van der Waals surface area contributed by atoms with Gasteiger partial charge in [0.05, 0.1) is 21.7 Å². The van der Waals surface area contributed by atoms with Crippen molar-refractivity contribution in [3.8, 4) is 0 Å². The Hall–Kier alpha value is -2.11. The highest BCUT2D eigenvalue weighted by Gasteiger charge is 2.20. The topological polar surface area (TPSA) is 59.8 Å². The molecule has 7 heteroatoms. The van der Waals surface area contributed by atoms with Crippen molar-refractivity contribution in [2.75, 3.05) is 5.32 Å². The van der Waals surface area contributed by atoms with Crippen LogP contribution in [0.15, 0.2) is 30.5 Å². The van der Waals surface area contributed by atoms with E-state index in [0.29, 0.717) is 32.3 Å². The lowest BCUT2D eigenvalue weighted by Gasteiger charge is -2.09. The van der Waals surface area contributed by atoms with Gasteiger partial charge in [-0.05, 0) is 45.0 Å². The molecule has 24 heavy (non-hydrogen) atoms. The van der Waals surface area contributed by atoms with E-state index < -0.39 is 0 Å². The lowest BCUT2D eigenvalue weighted by atomic mass is 10.2. The summed E-state index contributed by atoms with van der Waals surface area (Å²) in [5.41, 5.74) is 2.37. The van der Waals surface area contributed by atoms with E-state index >= 15 is 0 Å². The van der Waals surface area contributed by atoms with Crippen molar-refractivity contribution in [2.45, 2.75) is 26.8 Å². The molecule has 124 valence electrons. The fourth-order valence-electron chi connectivity index (χ4n) is 2.48. The summed E-state index contributed by atoms with van der Waals surface area (Å²) in [6, 6.07) is 7.01. The SMILES string of the molecule is Cc1nn(C(C)C)c2ncc(C(=O)Nc3ccc(Cl)cc3)c(Cl)c12. The Morgan fingerprint density at radius 2 is 1.88 bits per heavy atom. The molecule has 0 unspecified atom stereocenters. The smallest absolute Gasteiger partial charge is 0.258 e. The number of amides is 1. The summed E-state index contributed by atoms with van der Waals surface area (Å²) in [6.07, 6.45) is 1.48. The van der Waals surface area contributed by atoms with E-state index in [2.05, 4.69) is 15.4 Å². The van der Waals surface area contributed by atoms with E-state index in [1.165, 1.54) is 6.20 Å². The summed E-state index contributed by atoms with van der Waals surface area (Å²) >= 11 is 12.3. The quantitative estimate of drug-likeness (QED) is 0.722. The second kappa shape index (κ2) is 6.42. The van der Waals surface area contributed by atoms with Crippen LogP contribution in [-0.2, 0) is 0 Å². The van der Waals surface area contributed by atoms with E-state index in [-0.39, 0.29) is 11.9 Å². The first-order valence-electron chi connectivity index (χ1n) is 7.48. The van der Waals surface area contributed by atoms with Crippen LogP contribution in [0, 0.1) is 6.92 Å². The van der Waals surface area contributed by atoms with Crippen LogP contribution < -0.4 is 5.32 Å². The molecule has 1 N–H and O–H groups in total. The second-order valence-electron chi connectivity index (χ2n) is 5.77. The third-order valence-corrected chi connectivity index (χ3v) is 4.31. The van der Waals surface area contributed by atoms with Crippen molar-refractivity contribution in [1.82, 2.24) is 14.8 Å². The molecule has 0 aliphatic carbocycles. The number of carbonyl (C=O) groups excluding carboxylic acids is 1. The predicted molar refractivity (Wildman–Crippen MR) is 97.1 cm³/mol. The van der Waals surface area contributed by atoms with Crippen LogP contribution in [-0.4, -0.2) is 20.7 Å². The number of fused-ring (bicyclic) bond motifs is 1. The fraction of sp³-hybridized carbons (Fsp3) is 0.235. The maximum atomic E-state index is 12.5. The third-order valence-electron chi connectivity index (χ3n) is 3.67. The minimum absolute atomic E-state index is 0.151. The van der Waals surface area contributed by atoms with E-state index in [0.717, 1.165) is 5.69 Å². The van der Waals surface area contributed by atoms with Crippen molar-refractivity contribution >= 4 is 45.8 Å². The monoisotopic (exact) mass is 362 g/mol. The van der Waals surface area contributed by atoms with Crippen molar-refractivity contribution in [2.24, 2.45) is 0 Å². The summed E-state index contributed by atoms with van der Waals surface area (Å²) in [7, 11) is 0. The van der Waals surface area contributed by atoms with Crippen LogP contribution in [0.5, 0.6) is 0 Å². The first kappa shape index (κ1) is 16.7. The first-order valence-corrected chi connectivity index (χ1v) is 8.24. The molecule has 0 atom stereocenters. The largest absolute Gasteiger partial charge is 0.322 e. The lowest BCUT2D eigenvalue weighted by molar-refractivity contribution is 0.102. The average Bonchev–Trinajstić information content (AvgIpc) is 2.88. The van der Waals surface area contributed by atoms with Gasteiger partial charge in [-0.25, -0.2) is 9.67 Å². The number of pyridine rings is 1. The molecule has 0 radical (unpaired) electrons. The molecule has 2 aromatic heterocycles. The minimum Gasteiger partial charge on any atom is -0.322 e.